The van der Waals surface area contributed by atoms with E-state index in [1.165, 1.54) is 128 Å². The number of ether oxygens (including phenoxy) is 2. The summed E-state index contributed by atoms with van der Waals surface area (Å²) >= 11 is 0. The van der Waals surface area contributed by atoms with Gasteiger partial charge in [0.15, 0.2) is 0 Å². The average Bonchev–Trinajstić information content (AvgIpc) is 2.85. The third kappa shape index (κ3) is 14.4. The Balaban J connectivity index is 1.30. The standard InChI is InChI=1S/C30H56O3/c1-2-3-4-5-6-7-8-9-10-11-12-13-17-20-30(31)33-26-25-32-29-23-21-28(22-24-29)27-18-15-14-16-19-27/h27-29H,2-26H2,1H3. The van der Waals surface area contributed by atoms with E-state index in [0.29, 0.717) is 25.7 Å². The van der Waals surface area contributed by atoms with Crippen LogP contribution in [0, 0.1) is 11.8 Å². The molecule has 194 valence electrons. The number of esters is 1. The predicted octanol–water partition coefficient (Wildman–Crippen LogP) is 9.17. The molecule has 2 rings (SSSR count). The summed E-state index contributed by atoms with van der Waals surface area (Å²) in [5.74, 6) is 1.90. The lowest BCUT2D eigenvalue weighted by Gasteiger charge is -2.35. The van der Waals surface area contributed by atoms with Gasteiger partial charge in [0.25, 0.3) is 0 Å². The normalized spacial score (nSPS) is 21.8. The number of carbonyl (C=O) groups excluding carboxylic acids is 1. The molecule has 0 radical (unpaired) electrons. The summed E-state index contributed by atoms with van der Waals surface area (Å²) in [5, 5.41) is 0. The Morgan fingerprint density at radius 2 is 1.12 bits per heavy atom. The highest BCUT2D eigenvalue weighted by Gasteiger charge is 2.28. The lowest BCUT2D eigenvalue weighted by Crippen LogP contribution is -2.28. The van der Waals surface area contributed by atoms with E-state index in [1.807, 2.05) is 0 Å². The molecule has 0 aliphatic heterocycles. The van der Waals surface area contributed by atoms with Crippen molar-refractivity contribution in [1.29, 1.82) is 0 Å². The molecule has 0 saturated heterocycles. The maximum absolute atomic E-state index is 11.9. The predicted molar refractivity (Wildman–Crippen MR) is 140 cm³/mol. The molecule has 0 amide bonds. The second-order valence-electron chi connectivity index (χ2n) is 11.0. The Kier molecular flexibility index (Phi) is 17.1. The van der Waals surface area contributed by atoms with Crippen molar-refractivity contribution in [3.8, 4) is 0 Å². The van der Waals surface area contributed by atoms with Crippen molar-refractivity contribution in [1.82, 2.24) is 0 Å². The molecule has 0 aromatic carbocycles. The summed E-state index contributed by atoms with van der Waals surface area (Å²) in [5.41, 5.74) is 0. The summed E-state index contributed by atoms with van der Waals surface area (Å²) in [6.07, 6.45) is 30.6. The monoisotopic (exact) mass is 464 g/mol. The number of unbranched alkanes of at least 4 members (excludes halogenated alkanes) is 12. The van der Waals surface area contributed by atoms with Gasteiger partial charge < -0.3 is 9.47 Å². The van der Waals surface area contributed by atoms with Crippen LogP contribution in [0.5, 0.6) is 0 Å². The third-order valence-electron chi connectivity index (χ3n) is 8.22. The minimum absolute atomic E-state index is 0.0392. The number of rotatable bonds is 19. The second-order valence-corrected chi connectivity index (χ2v) is 11.0. The summed E-state index contributed by atoms with van der Waals surface area (Å²) in [6.45, 7) is 3.28. The molecule has 0 aromatic rings. The maximum atomic E-state index is 11.9. The van der Waals surface area contributed by atoms with Crippen LogP contribution in [0.15, 0.2) is 0 Å². The SMILES string of the molecule is CCCCCCCCCCCCCCCC(=O)OCCOC1CCC(C2CCCCC2)CC1. The average molecular weight is 465 g/mol. The minimum Gasteiger partial charge on any atom is -0.463 e. The Morgan fingerprint density at radius 1 is 0.606 bits per heavy atom. The zero-order valence-corrected chi connectivity index (χ0v) is 22.1. The first-order valence-electron chi connectivity index (χ1n) is 15.1. The second kappa shape index (κ2) is 19.7. The van der Waals surface area contributed by atoms with E-state index in [0.717, 1.165) is 24.7 Å². The molecule has 0 N–H and O–H groups in total. The fourth-order valence-corrected chi connectivity index (χ4v) is 6.06. The Bertz CT molecular complexity index is 449. The summed E-state index contributed by atoms with van der Waals surface area (Å²) in [4.78, 5) is 11.9. The van der Waals surface area contributed by atoms with Gasteiger partial charge in [-0.15, -0.1) is 0 Å². The van der Waals surface area contributed by atoms with Crippen molar-refractivity contribution in [2.45, 2.75) is 161 Å². The van der Waals surface area contributed by atoms with Crippen LogP contribution < -0.4 is 0 Å². The van der Waals surface area contributed by atoms with Crippen LogP contribution in [0.2, 0.25) is 0 Å². The molecule has 2 fully saturated rings. The van der Waals surface area contributed by atoms with E-state index in [2.05, 4.69) is 6.92 Å². The molecule has 3 nitrogen and oxygen atoms in total. The molecule has 0 spiro atoms. The van der Waals surface area contributed by atoms with Crippen molar-refractivity contribution in [2.75, 3.05) is 13.2 Å². The van der Waals surface area contributed by atoms with Gasteiger partial charge >= 0.3 is 5.97 Å². The summed E-state index contributed by atoms with van der Waals surface area (Å²) < 4.78 is 11.4. The summed E-state index contributed by atoms with van der Waals surface area (Å²) in [7, 11) is 0. The first-order valence-corrected chi connectivity index (χ1v) is 15.1. The van der Waals surface area contributed by atoms with Crippen LogP contribution >= 0.6 is 0 Å². The van der Waals surface area contributed by atoms with Crippen LogP contribution in [0.1, 0.15) is 155 Å². The Labute approximate surface area is 206 Å². The molecule has 2 aliphatic carbocycles. The van der Waals surface area contributed by atoms with Crippen molar-refractivity contribution in [2.24, 2.45) is 11.8 Å². The number of hydrogen-bond acceptors (Lipinski definition) is 3. The third-order valence-corrected chi connectivity index (χ3v) is 8.22. The van der Waals surface area contributed by atoms with E-state index in [-0.39, 0.29) is 5.97 Å². The van der Waals surface area contributed by atoms with Gasteiger partial charge in [-0.2, -0.15) is 0 Å². The molecule has 0 aromatic heterocycles. The molecule has 0 unspecified atom stereocenters. The molecule has 0 heterocycles. The fraction of sp³-hybridized carbons (Fsp3) is 0.967. The smallest absolute Gasteiger partial charge is 0.305 e. The van der Waals surface area contributed by atoms with Gasteiger partial charge in [0.05, 0.1) is 12.7 Å². The number of hydrogen-bond donors (Lipinski definition) is 0. The van der Waals surface area contributed by atoms with E-state index in [4.69, 9.17) is 9.47 Å². The van der Waals surface area contributed by atoms with Crippen LogP contribution in [-0.4, -0.2) is 25.3 Å². The van der Waals surface area contributed by atoms with Crippen molar-refractivity contribution in [3.63, 3.8) is 0 Å². The van der Waals surface area contributed by atoms with Gasteiger partial charge in [-0.1, -0.05) is 116 Å². The van der Waals surface area contributed by atoms with Gasteiger partial charge in [-0.05, 0) is 43.9 Å². The van der Waals surface area contributed by atoms with Crippen molar-refractivity contribution in [3.05, 3.63) is 0 Å². The van der Waals surface area contributed by atoms with E-state index in [9.17, 15) is 4.79 Å². The lowest BCUT2D eigenvalue weighted by molar-refractivity contribution is -0.146. The van der Waals surface area contributed by atoms with Gasteiger partial charge in [0.2, 0.25) is 0 Å². The molecule has 0 atom stereocenters. The fourth-order valence-electron chi connectivity index (χ4n) is 6.06. The molecular formula is C30H56O3. The Morgan fingerprint density at radius 3 is 1.70 bits per heavy atom. The van der Waals surface area contributed by atoms with Gasteiger partial charge in [0.1, 0.15) is 6.61 Å². The van der Waals surface area contributed by atoms with E-state index < -0.39 is 0 Å². The molecule has 2 aliphatic rings. The van der Waals surface area contributed by atoms with Crippen LogP contribution in [0.25, 0.3) is 0 Å². The Hall–Kier alpha value is -0.570. The summed E-state index contributed by atoms with van der Waals surface area (Å²) in [6, 6.07) is 0. The highest BCUT2D eigenvalue weighted by atomic mass is 16.6. The maximum Gasteiger partial charge on any atom is 0.305 e. The van der Waals surface area contributed by atoms with Crippen molar-refractivity contribution >= 4 is 5.97 Å². The lowest BCUT2D eigenvalue weighted by atomic mass is 9.73. The molecule has 33 heavy (non-hydrogen) atoms. The highest BCUT2D eigenvalue weighted by Crippen LogP contribution is 2.38. The van der Waals surface area contributed by atoms with Crippen LogP contribution in [0.3, 0.4) is 0 Å². The van der Waals surface area contributed by atoms with E-state index in [1.54, 1.807) is 0 Å². The van der Waals surface area contributed by atoms with Crippen molar-refractivity contribution < 1.29 is 14.3 Å². The molecule has 3 heteroatoms. The molecular weight excluding hydrogens is 408 g/mol. The molecule has 0 bridgehead atoms. The van der Waals surface area contributed by atoms with Gasteiger partial charge in [-0.25, -0.2) is 0 Å². The van der Waals surface area contributed by atoms with E-state index >= 15 is 0 Å². The minimum atomic E-state index is -0.0392. The number of carbonyl (C=O) groups is 1. The highest BCUT2D eigenvalue weighted by molar-refractivity contribution is 5.69. The largest absolute Gasteiger partial charge is 0.463 e. The van der Waals surface area contributed by atoms with Crippen LogP contribution in [0.4, 0.5) is 0 Å². The van der Waals surface area contributed by atoms with Crippen LogP contribution in [-0.2, 0) is 14.3 Å². The topological polar surface area (TPSA) is 35.5 Å². The first-order chi connectivity index (χ1) is 16.3. The zero-order valence-electron chi connectivity index (χ0n) is 22.1. The van der Waals surface area contributed by atoms with Gasteiger partial charge in [0, 0.05) is 6.42 Å². The quantitative estimate of drug-likeness (QED) is 0.141. The zero-order chi connectivity index (χ0) is 23.4. The van der Waals surface area contributed by atoms with Gasteiger partial charge in [-0.3, -0.25) is 4.79 Å². The first kappa shape index (κ1) is 28.7. The molecule has 2 saturated carbocycles.